The second kappa shape index (κ2) is 4.26. The van der Waals surface area contributed by atoms with Crippen LogP contribution < -0.4 is 0 Å². The summed E-state index contributed by atoms with van der Waals surface area (Å²) < 4.78 is 1.90. The SMILES string of the molecule is CN1CCc2c(sc(-n3cccc3)c2C(=O)O)C1. The summed E-state index contributed by atoms with van der Waals surface area (Å²) in [7, 11) is 2.07. The highest BCUT2D eigenvalue weighted by Crippen LogP contribution is 2.35. The lowest BCUT2D eigenvalue weighted by atomic mass is 10.0. The van der Waals surface area contributed by atoms with E-state index in [0.717, 1.165) is 30.1 Å². The highest BCUT2D eigenvalue weighted by Gasteiger charge is 2.27. The molecule has 0 aromatic carbocycles. The fourth-order valence-corrected chi connectivity index (χ4v) is 3.77. The highest BCUT2D eigenvalue weighted by molar-refractivity contribution is 7.15. The van der Waals surface area contributed by atoms with Gasteiger partial charge in [-0.2, -0.15) is 0 Å². The van der Waals surface area contributed by atoms with Crippen LogP contribution in [0.1, 0.15) is 20.8 Å². The van der Waals surface area contributed by atoms with Gasteiger partial charge < -0.3 is 14.6 Å². The first kappa shape index (κ1) is 11.5. The highest BCUT2D eigenvalue weighted by atomic mass is 32.1. The Morgan fingerprint density at radius 2 is 2.11 bits per heavy atom. The molecule has 4 nitrogen and oxygen atoms in total. The maximum Gasteiger partial charge on any atom is 0.339 e. The van der Waals surface area contributed by atoms with Crippen molar-refractivity contribution >= 4 is 17.3 Å². The van der Waals surface area contributed by atoms with Crippen molar-refractivity contribution in [2.75, 3.05) is 13.6 Å². The third-order valence-corrected chi connectivity index (χ3v) is 4.51. The number of fused-ring (bicyclic) bond motifs is 1. The normalized spacial score (nSPS) is 15.6. The maximum atomic E-state index is 11.5. The summed E-state index contributed by atoms with van der Waals surface area (Å²) >= 11 is 1.59. The van der Waals surface area contributed by atoms with E-state index >= 15 is 0 Å². The molecule has 5 heteroatoms. The van der Waals surface area contributed by atoms with E-state index in [9.17, 15) is 9.90 Å². The zero-order valence-corrected chi connectivity index (χ0v) is 10.9. The van der Waals surface area contributed by atoms with Gasteiger partial charge >= 0.3 is 5.97 Å². The summed E-state index contributed by atoms with van der Waals surface area (Å²) in [6, 6.07) is 3.83. The number of carboxylic acids is 1. The standard InChI is InChI=1S/C13H14N2O2S/c1-14-7-4-9-10(8-14)18-12(11(9)13(16)17)15-5-2-3-6-15/h2-3,5-6H,4,7-8H2,1H3,(H,16,17). The molecule has 18 heavy (non-hydrogen) atoms. The summed E-state index contributed by atoms with van der Waals surface area (Å²) in [4.78, 5) is 14.9. The summed E-state index contributed by atoms with van der Waals surface area (Å²) in [5.41, 5.74) is 1.51. The minimum atomic E-state index is -0.819. The van der Waals surface area contributed by atoms with E-state index in [1.807, 2.05) is 29.1 Å². The monoisotopic (exact) mass is 262 g/mol. The second-order valence-corrected chi connectivity index (χ2v) is 5.65. The minimum Gasteiger partial charge on any atom is -0.478 e. The van der Waals surface area contributed by atoms with Crippen LogP contribution in [0, 0.1) is 0 Å². The number of likely N-dealkylation sites (N-methyl/N-ethyl adjacent to an activating group) is 1. The number of thiophene rings is 1. The summed E-state index contributed by atoms with van der Waals surface area (Å²) in [6.07, 6.45) is 4.62. The minimum absolute atomic E-state index is 0.485. The fourth-order valence-electron chi connectivity index (χ4n) is 2.39. The van der Waals surface area contributed by atoms with Crippen molar-refractivity contribution in [1.29, 1.82) is 0 Å². The van der Waals surface area contributed by atoms with Crippen LogP contribution in [0.2, 0.25) is 0 Å². The quantitative estimate of drug-likeness (QED) is 0.902. The molecular weight excluding hydrogens is 248 g/mol. The van der Waals surface area contributed by atoms with Gasteiger partial charge in [-0.1, -0.05) is 0 Å². The predicted octanol–water partition coefficient (Wildman–Crippen LogP) is 2.22. The van der Waals surface area contributed by atoms with Gasteiger partial charge in [0, 0.05) is 30.4 Å². The van der Waals surface area contributed by atoms with Crippen molar-refractivity contribution in [1.82, 2.24) is 9.47 Å². The van der Waals surface area contributed by atoms with Gasteiger partial charge in [-0.3, -0.25) is 0 Å². The molecule has 2 aromatic heterocycles. The van der Waals surface area contributed by atoms with Gasteiger partial charge in [0.25, 0.3) is 0 Å². The van der Waals surface area contributed by atoms with Crippen LogP contribution >= 0.6 is 11.3 Å². The number of rotatable bonds is 2. The lowest BCUT2D eigenvalue weighted by molar-refractivity contribution is 0.0695. The van der Waals surface area contributed by atoms with Crippen molar-refractivity contribution in [3.63, 3.8) is 0 Å². The van der Waals surface area contributed by atoms with Crippen LogP contribution in [0.4, 0.5) is 0 Å². The van der Waals surface area contributed by atoms with Crippen LogP contribution in [-0.2, 0) is 13.0 Å². The molecule has 0 aliphatic carbocycles. The first-order valence-corrected chi connectivity index (χ1v) is 6.68. The summed E-state index contributed by atoms with van der Waals surface area (Å²) in [5, 5.41) is 10.3. The Hall–Kier alpha value is -1.59. The first-order chi connectivity index (χ1) is 8.66. The van der Waals surface area contributed by atoms with Gasteiger partial charge in [-0.15, -0.1) is 11.3 Å². The Kier molecular flexibility index (Phi) is 2.72. The molecule has 0 saturated carbocycles. The maximum absolute atomic E-state index is 11.5. The Labute approximate surface area is 109 Å². The first-order valence-electron chi connectivity index (χ1n) is 5.86. The molecular formula is C13H14N2O2S. The van der Waals surface area contributed by atoms with Crippen LogP contribution in [0.15, 0.2) is 24.5 Å². The molecule has 3 heterocycles. The van der Waals surface area contributed by atoms with E-state index in [-0.39, 0.29) is 0 Å². The number of hydrogen-bond donors (Lipinski definition) is 1. The Bertz CT molecular complexity index is 586. The Morgan fingerprint density at radius 1 is 1.39 bits per heavy atom. The van der Waals surface area contributed by atoms with Crippen LogP contribution in [0.25, 0.3) is 5.00 Å². The molecule has 2 aromatic rings. The molecule has 1 aliphatic heterocycles. The van der Waals surface area contributed by atoms with Gasteiger partial charge in [0.05, 0.1) is 5.56 Å². The molecule has 1 N–H and O–H groups in total. The van der Waals surface area contributed by atoms with Crippen molar-refractivity contribution in [3.8, 4) is 5.00 Å². The van der Waals surface area contributed by atoms with E-state index in [1.165, 1.54) is 4.88 Å². The number of nitrogens with zero attached hydrogens (tertiary/aromatic N) is 2. The number of aromatic nitrogens is 1. The summed E-state index contributed by atoms with van der Waals surface area (Å²) in [6.45, 7) is 1.77. The lowest BCUT2D eigenvalue weighted by Crippen LogP contribution is -2.26. The van der Waals surface area contributed by atoms with Gasteiger partial charge in [-0.05, 0) is 31.2 Å². The van der Waals surface area contributed by atoms with Crippen molar-refractivity contribution in [3.05, 3.63) is 40.5 Å². The molecule has 0 amide bonds. The van der Waals surface area contributed by atoms with E-state index in [0.29, 0.717) is 5.56 Å². The third-order valence-electron chi connectivity index (χ3n) is 3.28. The molecule has 0 fully saturated rings. The Balaban J connectivity index is 2.17. The molecule has 94 valence electrons. The molecule has 0 radical (unpaired) electrons. The molecule has 0 bridgehead atoms. The molecule has 0 unspecified atom stereocenters. The molecule has 0 spiro atoms. The number of aromatic carboxylic acids is 1. The average Bonchev–Trinajstić information content (AvgIpc) is 2.93. The molecule has 0 atom stereocenters. The number of carbonyl (C=O) groups is 1. The predicted molar refractivity (Wildman–Crippen MR) is 70.6 cm³/mol. The van der Waals surface area contributed by atoms with E-state index in [1.54, 1.807) is 11.3 Å². The van der Waals surface area contributed by atoms with Crippen LogP contribution in [0.5, 0.6) is 0 Å². The Morgan fingerprint density at radius 3 is 2.78 bits per heavy atom. The van der Waals surface area contributed by atoms with Gasteiger partial charge in [0.2, 0.25) is 0 Å². The zero-order chi connectivity index (χ0) is 12.7. The van der Waals surface area contributed by atoms with Crippen molar-refractivity contribution in [2.45, 2.75) is 13.0 Å². The van der Waals surface area contributed by atoms with E-state index < -0.39 is 5.97 Å². The molecule has 3 rings (SSSR count). The number of hydrogen-bond acceptors (Lipinski definition) is 3. The van der Waals surface area contributed by atoms with Gasteiger partial charge in [0.1, 0.15) is 5.00 Å². The smallest absolute Gasteiger partial charge is 0.339 e. The summed E-state index contributed by atoms with van der Waals surface area (Å²) in [5.74, 6) is -0.819. The molecule has 1 aliphatic rings. The zero-order valence-electron chi connectivity index (χ0n) is 10.1. The van der Waals surface area contributed by atoms with E-state index in [4.69, 9.17) is 0 Å². The molecule has 0 saturated heterocycles. The van der Waals surface area contributed by atoms with Gasteiger partial charge in [0.15, 0.2) is 0 Å². The third kappa shape index (κ3) is 1.76. The van der Waals surface area contributed by atoms with Crippen LogP contribution in [0.3, 0.4) is 0 Å². The number of carboxylic acid groups (broad SMARTS) is 1. The average molecular weight is 262 g/mol. The second-order valence-electron chi connectivity index (χ2n) is 4.57. The van der Waals surface area contributed by atoms with Crippen LogP contribution in [-0.4, -0.2) is 34.1 Å². The van der Waals surface area contributed by atoms with Gasteiger partial charge in [-0.25, -0.2) is 4.79 Å². The van der Waals surface area contributed by atoms with Crippen molar-refractivity contribution < 1.29 is 9.90 Å². The largest absolute Gasteiger partial charge is 0.478 e. The fraction of sp³-hybridized carbons (Fsp3) is 0.308. The van der Waals surface area contributed by atoms with E-state index in [2.05, 4.69) is 11.9 Å². The lowest BCUT2D eigenvalue weighted by Gasteiger charge is -2.22. The van der Waals surface area contributed by atoms with Crippen molar-refractivity contribution in [2.24, 2.45) is 0 Å². The topological polar surface area (TPSA) is 45.5 Å².